The van der Waals surface area contributed by atoms with Gasteiger partial charge in [0.1, 0.15) is 0 Å². The van der Waals surface area contributed by atoms with Crippen molar-refractivity contribution in [3.63, 3.8) is 0 Å². The molecule has 0 radical (unpaired) electrons. The van der Waals surface area contributed by atoms with E-state index in [1.165, 1.54) is 37.4 Å². The first-order valence-corrected chi connectivity index (χ1v) is 11.0. The van der Waals surface area contributed by atoms with Crippen molar-refractivity contribution in [2.75, 3.05) is 5.75 Å². The van der Waals surface area contributed by atoms with E-state index < -0.39 is 0 Å². The largest absolute Gasteiger partial charge is 0.461 e. The van der Waals surface area contributed by atoms with Gasteiger partial charge in [0.05, 0.1) is 17.7 Å². The molecule has 0 aliphatic heterocycles. The number of nitrogens with one attached hydrogen (secondary N) is 1. The number of rotatable bonds is 7. The standard InChI is InChI=1S/C21H24N4O2S/c1-13(16-11-14-6-7-15(16)10-14)25-20(19-5-3-9-27-19)23-24-21(25)28-12-18(26)17-4-2-8-22-17/h2-5,8-9,13-16,22H,6-7,10-12H2,1H3/t13-,14-,15+,16-/m1/s1. The Morgan fingerprint density at radius 1 is 1.32 bits per heavy atom. The molecule has 2 aliphatic rings. The van der Waals surface area contributed by atoms with Gasteiger partial charge in [0.15, 0.2) is 16.7 Å². The van der Waals surface area contributed by atoms with Gasteiger partial charge in [-0.25, -0.2) is 0 Å². The summed E-state index contributed by atoms with van der Waals surface area (Å²) in [6, 6.07) is 7.73. The van der Waals surface area contributed by atoms with Gasteiger partial charge in [0.2, 0.25) is 5.82 Å². The fraction of sp³-hybridized carbons (Fsp3) is 0.476. The van der Waals surface area contributed by atoms with E-state index in [0.717, 1.165) is 28.6 Å². The third-order valence-corrected chi connectivity index (χ3v) is 7.40. The van der Waals surface area contributed by atoms with E-state index in [-0.39, 0.29) is 11.8 Å². The van der Waals surface area contributed by atoms with Gasteiger partial charge < -0.3 is 9.40 Å². The van der Waals surface area contributed by atoms with Crippen LogP contribution in [0.4, 0.5) is 0 Å². The molecular formula is C21H24N4O2S. The molecule has 6 nitrogen and oxygen atoms in total. The lowest BCUT2D eigenvalue weighted by Gasteiger charge is -2.30. The number of Topliss-reactive ketones (excluding diaryl/α,β-unsaturated/α-hetero) is 1. The average Bonchev–Trinajstić information content (AvgIpc) is 3.53. The van der Waals surface area contributed by atoms with Crippen molar-refractivity contribution in [2.24, 2.45) is 17.8 Å². The van der Waals surface area contributed by atoms with Gasteiger partial charge >= 0.3 is 0 Å². The highest BCUT2D eigenvalue weighted by Crippen LogP contribution is 2.52. The summed E-state index contributed by atoms with van der Waals surface area (Å²) in [6.45, 7) is 2.28. The van der Waals surface area contributed by atoms with Crippen LogP contribution in [-0.4, -0.2) is 31.3 Å². The average molecular weight is 397 g/mol. The predicted molar refractivity (Wildman–Crippen MR) is 107 cm³/mol. The molecular weight excluding hydrogens is 372 g/mol. The zero-order chi connectivity index (χ0) is 19.1. The number of hydrogen-bond acceptors (Lipinski definition) is 5. The van der Waals surface area contributed by atoms with Crippen LogP contribution in [0.25, 0.3) is 11.6 Å². The number of furan rings is 1. The summed E-state index contributed by atoms with van der Waals surface area (Å²) < 4.78 is 7.83. The van der Waals surface area contributed by atoms with Crippen molar-refractivity contribution in [3.05, 3.63) is 42.4 Å². The van der Waals surface area contributed by atoms with E-state index in [9.17, 15) is 4.79 Å². The van der Waals surface area contributed by atoms with Crippen LogP contribution in [0.1, 0.15) is 49.1 Å². The molecule has 3 aromatic rings. The Kier molecular flexibility index (Phi) is 4.62. The number of thioether (sulfide) groups is 1. The number of nitrogens with zero attached hydrogens (tertiary/aromatic N) is 3. The first-order chi connectivity index (χ1) is 13.7. The number of carbonyl (C=O) groups excluding carboxylic acids is 1. The third kappa shape index (κ3) is 3.11. The van der Waals surface area contributed by atoms with Crippen LogP contribution in [0.5, 0.6) is 0 Å². The quantitative estimate of drug-likeness (QED) is 0.457. The number of H-pyrrole nitrogens is 1. The smallest absolute Gasteiger partial charge is 0.200 e. The van der Waals surface area contributed by atoms with Crippen LogP contribution in [0, 0.1) is 17.8 Å². The lowest BCUT2D eigenvalue weighted by Crippen LogP contribution is -2.23. The van der Waals surface area contributed by atoms with E-state index in [4.69, 9.17) is 4.42 Å². The molecule has 0 saturated heterocycles. The van der Waals surface area contributed by atoms with Crippen LogP contribution in [0.2, 0.25) is 0 Å². The van der Waals surface area contributed by atoms with E-state index in [1.807, 2.05) is 18.2 Å². The van der Waals surface area contributed by atoms with Gasteiger partial charge in [-0.2, -0.15) is 0 Å². The lowest BCUT2D eigenvalue weighted by molar-refractivity contribution is 0.101. The lowest BCUT2D eigenvalue weighted by atomic mass is 9.84. The van der Waals surface area contributed by atoms with Crippen molar-refractivity contribution in [1.82, 2.24) is 19.7 Å². The van der Waals surface area contributed by atoms with Gasteiger partial charge in [0.25, 0.3) is 0 Å². The Morgan fingerprint density at radius 2 is 2.25 bits per heavy atom. The summed E-state index contributed by atoms with van der Waals surface area (Å²) >= 11 is 1.46. The van der Waals surface area contributed by atoms with Crippen molar-refractivity contribution in [3.8, 4) is 11.6 Å². The van der Waals surface area contributed by atoms with Crippen molar-refractivity contribution in [2.45, 2.75) is 43.8 Å². The summed E-state index contributed by atoms with van der Waals surface area (Å²) in [7, 11) is 0. The van der Waals surface area contributed by atoms with Crippen molar-refractivity contribution >= 4 is 17.5 Å². The highest BCUT2D eigenvalue weighted by molar-refractivity contribution is 7.99. The molecule has 2 fully saturated rings. The minimum absolute atomic E-state index is 0.0664. The van der Waals surface area contributed by atoms with Crippen LogP contribution in [-0.2, 0) is 0 Å². The second-order valence-corrected chi connectivity index (χ2v) is 8.97. The Bertz CT molecular complexity index is 947. The van der Waals surface area contributed by atoms with Crippen molar-refractivity contribution in [1.29, 1.82) is 0 Å². The first-order valence-electron chi connectivity index (χ1n) is 9.99. The van der Waals surface area contributed by atoms with E-state index >= 15 is 0 Å². The maximum absolute atomic E-state index is 12.4. The maximum Gasteiger partial charge on any atom is 0.200 e. The molecule has 3 aromatic heterocycles. The normalized spacial score (nSPS) is 24.7. The summed E-state index contributed by atoms with van der Waals surface area (Å²) in [4.78, 5) is 15.4. The Labute approximate surface area is 168 Å². The molecule has 7 heteroatoms. The molecule has 1 N–H and O–H groups in total. The second-order valence-electron chi connectivity index (χ2n) is 8.03. The Morgan fingerprint density at radius 3 is 2.93 bits per heavy atom. The summed E-state index contributed by atoms with van der Waals surface area (Å²) in [5.41, 5.74) is 0.631. The fourth-order valence-electron chi connectivity index (χ4n) is 5.10. The highest BCUT2D eigenvalue weighted by Gasteiger charge is 2.43. The molecule has 28 heavy (non-hydrogen) atoms. The van der Waals surface area contributed by atoms with Crippen LogP contribution < -0.4 is 0 Å². The molecule has 0 unspecified atom stereocenters. The van der Waals surface area contributed by atoms with Gasteiger partial charge in [-0.3, -0.25) is 9.36 Å². The Hall–Kier alpha value is -2.28. The molecule has 2 bridgehead atoms. The number of hydrogen-bond donors (Lipinski definition) is 1. The van der Waals surface area contributed by atoms with Gasteiger partial charge in [-0.1, -0.05) is 18.2 Å². The van der Waals surface area contributed by atoms with Gasteiger partial charge in [-0.05, 0) is 68.2 Å². The number of carbonyl (C=O) groups is 1. The SMILES string of the molecule is C[C@H]([C@H]1C[C@@H]2CC[C@H]1C2)n1c(SCC(=O)c2ccc[nH]2)nnc1-c1ccco1. The van der Waals surface area contributed by atoms with Crippen LogP contribution in [0.3, 0.4) is 0 Å². The molecule has 5 rings (SSSR count). The molecule has 2 aliphatic carbocycles. The maximum atomic E-state index is 12.4. The highest BCUT2D eigenvalue weighted by atomic mass is 32.2. The number of aromatic amines is 1. The summed E-state index contributed by atoms with van der Waals surface area (Å²) in [5.74, 6) is 4.20. The molecule has 146 valence electrons. The monoisotopic (exact) mass is 396 g/mol. The van der Waals surface area contributed by atoms with Gasteiger partial charge in [-0.15, -0.1) is 10.2 Å². The molecule has 0 amide bonds. The van der Waals surface area contributed by atoms with E-state index in [1.54, 1.807) is 18.5 Å². The Balaban J connectivity index is 1.43. The summed E-state index contributed by atoms with van der Waals surface area (Å²) in [5, 5.41) is 9.66. The predicted octanol–water partition coefficient (Wildman–Crippen LogP) is 4.84. The third-order valence-electron chi connectivity index (χ3n) is 6.46. The second kappa shape index (κ2) is 7.28. The molecule has 4 atom stereocenters. The number of fused-ring (bicyclic) bond motifs is 2. The topological polar surface area (TPSA) is 76.7 Å². The minimum Gasteiger partial charge on any atom is -0.461 e. The minimum atomic E-state index is 0.0664. The molecule has 0 aromatic carbocycles. The first kappa shape index (κ1) is 17.8. The zero-order valence-corrected chi connectivity index (χ0v) is 16.7. The van der Waals surface area contributed by atoms with Crippen LogP contribution >= 0.6 is 11.8 Å². The molecule has 2 saturated carbocycles. The van der Waals surface area contributed by atoms with Crippen LogP contribution in [0.15, 0.2) is 46.3 Å². The van der Waals surface area contributed by atoms with E-state index in [0.29, 0.717) is 17.4 Å². The number of aromatic nitrogens is 4. The van der Waals surface area contributed by atoms with E-state index in [2.05, 4.69) is 26.7 Å². The van der Waals surface area contributed by atoms with Crippen molar-refractivity contribution < 1.29 is 9.21 Å². The molecule has 3 heterocycles. The zero-order valence-electron chi connectivity index (χ0n) is 15.9. The fourth-order valence-corrected chi connectivity index (χ4v) is 6.01. The van der Waals surface area contributed by atoms with Gasteiger partial charge in [0, 0.05) is 12.2 Å². The number of ketones is 1. The molecule has 0 spiro atoms. The summed E-state index contributed by atoms with van der Waals surface area (Å²) in [6.07, 6.45) is 8.80.